The first kappa shape index (κ1) is 25.6. The Balaban J connectivity index is 1.23. The maximum atomic E-state index is 13.5. The Labute approximate surface area is 231 Å². The van der Waals surface area contributed by atoms with Gasteiger partial charge in [-0.25, -0.2) is 0 Å². The summed E-state index contributed by atoms with van der Waals surface area (Å²) in [6.45, 7) is 6.08. The summed E-state index contributed by atoms with van der Waals surface area (Å²) < 4.78 is 22.5. The number of hydrogen-bond donors (Lipinski definition) is 1. The average molecular weight is 549 g/mol. The molecule has 3 aliphatic rings. The van der Waals surface area contributed by atoms with Crippen LogP contribution >= 0.6 is 11.6 Å². The number of rotatable bonds is 5. The van der Waals surface area contributed by atoms with Gasteiger partial charge in [-0.05, 0) is 61.0 Å². The van der Waals surface area contributed by atoms with Gasteiger partial charge in [0.1, 0.15) is 23.0 Å². The lowest BCUT2D eigenvalue weighted by atomic mass is 9.98. The van der Waals surface area contributed by atoms with Gasteiger partial charge in [0, 0.05) is 54.6 Å². The molecule has 0 amide bonds. The second kappa shape index (κ2) is 10.4. The second-order valence-electron chi connectivity index (χ2n) is 9.89. The van der Waals surface area contributed by atoms with Gasteiger partial charge < -0.3 is 29.0 Å². The van der Waals surface area contributed by atoms with Crippen LogP contribution in [0.3, 0.4) is 0 Å². The van der Waals surface area contributed by atoms with Gasteiger partial charge in [0.25, 0.3) is 0 Å². The van der Waals surface area contributed by atoms with Gasteiger partial charge in [0.2, 0.25) is 5.78 Å². The van der Waals surface area contributed by atoms with Crippen LogP contribution in [0, 0.1) is 6.92 Å². The van der Waals surface area contributed by atoms with Crippen molar-refractivity contribution in [1.82, 2.24) is 4.90 Å². The van der Waals surface area contributed by atoms with Crippen molar-refractivity contribution in [2.45, 2.75) is 20.1 Å². The molecule has 0 bridgehead atoms. The molecule has 0 unspecified atom stereocenters. The number of benzene rings is 3. The number of carbonyl (C=O) groups excluding carboxylic acids is 1. The number of phenols is 1. The Kier molecular flexibility index (Phi) is 6.85. The van der Waals surface area contributed by atoms with Gasteiger partial charge in [0.05, 0.1) is 24.8 Å². The lowest BCUT2D eigenvalue weighted by Crippen LogP contribution is -2.46. The molecule has 1 N–H and O–H groups in total. The largest absolute Gasteiger partial charge is 0.507 e. The zero-order valence-corrected chi connectivity index (χ0v) is 22.6. The summed E-state index contributed by atoms with van der Waals surface area (Å²) >= 11 is 6.32. The third kappa shape index (κ3) is 4.91. The summed E-state index contributed by atoms with van der Waals surface area (Å²) in [4.78, 5) is 18.1. The highest BCUT2D eigenvalue weighted by Crippen LogP contribution is 2.43. The molecular weight excluding hydrogens is 520 g/mol. The van der Waals surface area contributed by atoms with E-state index in [2.05, 4.69) is 21.9 Å². The highest BCUT2D eigenvalue weighted by Gasteiger charge is 2.34. The molecule has 3 aliphatic heterocycles. The second-order valence-corrected chi connectivity index (χ2v) is 10.3. The molecule has 6 rings (SSSR count). The van der Waals surface area contributed by atoms with Crippen LogP contribution in [0.15, 0.2) is 48.2 Å². The van der Waals surface area contributed by atoms with E-state index in [0.29, 0.717) is 51.9 Å². The van der Waals surface area contributed by atoms with Crippen LogP contribution in [0.2, 0.25) is 5.02 Å². The maximum Gasteiger partial charge on any atom is 0.232 e. The smallest absolute Gasteiger partial charge is 0.232 e. The zero-order chi connectivity index (χ0) is 27.1. The van der Waals surface area contributed by atoms with Gasteiger partial charge >= 0.3 is 0 Å². The number of carbonyl (C=O) groups is 1. The van der Waals surface area contributed by atoms with Crippen LogP contribution in [0.25, 0.3) is 6.08 Å². The number of methoxy groups -OCH3 is 1. The lowest BCUT2D eigenvalue weighted by Gasteiger charge is -2.36. The molecule has 0 spiro atoms. The molecular formula is C30H29ClN2O6. The summed E-state index contributed by atoms with van der Waals surface area (Å²) in [5.41, 5.74) is 4.37. The Morgan fingerprint density at radius 3 is 2.59 bits per heavy atom. The number of anilines is 1. The minimum absolute atomic E-state index is 0.124. The molecule has 202 valence electrons. The molecule has 0 atom stereocenters. The van der Waals surface area contributed by atoms with Gasteiger partial charge in [0.15, 0.2) is 12.6 Å². The monoisotopic (exact) mass is 548 g/mol. The topological polar surface area (TPSA) is 80.7 Å². The first-order valence-electron chi connectivity index (χ1n) is 12.9. The van der Waals surface area contributed by atoms with Crippen LogP contribution in [0.4, 0.5) is 5.69 Å². The van der Waals surface area contributed by atoms with Crippen molar-refractivity contribution >= 4 is 29.1 Å². The van der Waals surface area contributed by atoms with E-state index in [1.165, 1.54) is 0 Å². The molecule has 3 heterocycles. The number of ether oxygens (including phenoxy) is 4. The fourth-order valence-corrected chi connectivity index (χ4v) is 5.62. The van der Waals surface area contributed by atoms with Crippen LogP contribution in [-0.4, -0.2) is 55.9 Å². The van der Waals surface area contributed by atoms with E-state index in [0.717, 1.165) is 43.2 Å². The van der Waals surface area contributed by atoms with Crippen molar-refractivity contribution in [2.24, 2.45) is 0 Å². The number of hydrogen-bond acceptors (Lipinski definition) is 8. The summed E-state index contributed by atoms with van der Waals surface area (Å²) in [5, 5.41) is 11.4. The third-order valence-corrected chi connectivity index (χ3v) is 7.62. The number of aryl methyl sites for hydroxylation is 1. The predicted octanol–water partition coefficient (Wildman–Crippen LogP) is 5.17. The normalized spacial score (nSPS) is 18.0. The Hall–Kier alpha value is -3.72. The summed E-state index contributed by atoms with van der Waals surface area (Å²) in [5.74, 6) is 1.94. The Morgan fingerprint density at radius 1 is 1.08 bits per heavy atom. The first-order valence-corrected chi connectivity index (χ1v) is 13.2. The van der Waals surface area contributed by atoms with Crippen LogP contribution < -0.4 is 19.1 Å². The average Bonchev–Trinajstić information content (AvgIpc) is 3.27. The number of phenolic OH excluding ortho intramolecular Hbond substituents is 1. The number of halogens is 1. The molecule has 0 aromatic heterocycles. The number of ketones is 1. The van der Waals surface area contributed by atoms with Crippen molar-refractivity contribution in [2.75, 3.05) is 45.0 Å². The summed E-state index contributed by atoms with van der Waals surface area (Å²) in [6, 6.07) is 13.2. The zero-order valence-electron chi connectivity index (χ0n) is 21.8. The van der Waals surface area contributed by atoms with Crippen LogP contribution in [-0.2, 0) is 17.9 Å². The van der Waals surface area contributed by atoms with E-state index in [-0.39, 0.29) is 24.1 Å². The van der Waals surface area contributed by atoms with Crippen molar-refractivity contribution in [3.63, 3.8) is 0 Å². The van der Waals surface area contributed by atoms with Crippen molar-refractivity contribution in [3.05, 3.63) is 81.1 Å². The van der Waals surface area contributed by atoms with E-state index >= 15 is 0 Å². The molecule has 9 heteroatoms. The molecule has 0 radical (unpaired) electrons. The maximum absolute atomic E-state index is 13.5. The number of fused-ring (bicyclic) bond motifs is 2. The molecule has 1 saturated heterocycles. The Morgan fingerprint density at radius 2 is 1.85 bits per heavy atom. The first-order chi connectivity index (χ1) is 18.9. The summed E-state index contributed by atoms with van der Waals surface area (Å²) in [6.07, 6.45) is 1.66. The molecule has 3 aromatic carbocycles. The van der Waals surface area contributed by atoms with Gasteiger partial charge in [-0.3, -0.25) is 9.69 Å². The minimum atomic E-state index is -0.228. The number of aromatic hydroxyl groups is 1. The van der Waals surface area contributed by atoms with E-state index in [1.807, 2.05) is 19.1 Å². The standard InChI is InChI=1S/C30H29ClN2O6/c1-18-11-25(34)24(15-32-7-9-33(10-8-32)22-3-5-23(36-2)6-4-22)30-27(18)28(35)26(39-30)14-19-12-21(31)13-20-16-37-17-38-29(19)20/h3-6,11-14,34H,7-10,15-17H2,1-2H3/b26-14-. The fourth-order valence-electron chi connectivity index (χ4n) is 5.37. The van der Waals surface area contributed by atoms with Crippen molar-refractivity contribution < 1.29 is 28.8 Å². The molecule has 1 fully saturated rings. The highest BCUT2D eigenvalue weighted by atomic mass is 35.5. The van der Waals surface area contributed by atoms with Crippen LogP contribution in [0.1, 0.15) is 32.6 Å². The van der Waals surface area contributed by atoms with E-state index in [9.17, 15) is 9.90 Å². The SMILES string of the molecule is COc1ccc(N2CCN(Cc3c(O)cc(C)c4c3O/C(=C\c3cc(Cl)cc5c3OCOC5)C4=O)CC2)cc1. The summed E-state index contributed by atoms with van der Waals surface area (Å²) in [7, 11) is 1.66. The van der Waals surface area contributed by atoms with Gasteiger partial charge in [-0.1, -0.05) is 11.6 Å². The number of piperazine rings is 1. The molecule has 8 nitrogen and oxygen atoms in total. The minimum Gasteiger partial charge on any atom is -0.507 e. The lowest BCUT2D eigenvalue weighted by molar-refractivity contribution is -0.0165. The van der Waals surface area contributed by atoms with E-state index in [4.69, 9.17) is 30.5 Å². The van der Waals surface area contributed by atoms with Gasteiger partial charge in [-0.2, -0.15) is 0 Å². The fraction of sp³-hybridized carbons (Fsp3) is 0.300. The predicted molar refractivity (Wildman–Crippen MR) is 148 cm³/mol. The van der Waals surface area contributed by atoms with Crippen molar-refractivity contribution in [3.8, 4) is 23.0 Å². The number of Topliss-reactive ketones (excluding diaryl/α,β-unsaturated/α-hetero) is 1. The quantitative estimate of drug-likeness (QED) is 0.438. The van der Waals surface area contributed by atoms with Gasteiger partial charge in [-0.15, -0.1) is 0 Å². The Bertz CT molecular complexity index is 1460. The molecule has 0 aliphatic carbocycles. The van der Waals surface area contributed by atoms with E-state index < -0.39 is 0 Å². The van der Waals surface area contributed by atoms with E-state index in [1.54, 1.807) is 31.4 Å². The molecule has 0 saturated carbocycles. The van der Waals surface area contributed by atoms with Crippen LogP contribution in [0.5, 0.6) is 23.0 Å². The number of nitrogens with zero attached hydrogens (tertiary/aromatic N) is 2. The molecule has 39 heavy (non-hydrogen) atoms. The number of allylic oxidation sites excluding steroid dienone is 1. The van der Waals surface area contributed by atoms with Crippen molar-refractivity contribution in [1.29, 1.82) is 0 Å². The highest BCUT2D eigenvalue weighted by molar-refractivity contribution is 6.31. The third-order valence-electron chi connectivity index (χ3n) is 7.40. The molecule has 3 aromatic rings.